The molecular formula is C16H18O3. The molecule has 0 bridgehead atoms. The molecule has 1 saturated heterocycles. The fourth-order valence-corrected chi connectivity index (χ4v) is 1.95. The Kier molecular flexibility index (Phi) is 3.67. The predicted molar refractivity (Wildman–Crippen MR) is 74.6 cm³/mol. The number of epoxide rings is 1. The summed E-state index contributed by atoms with van der Waals surface area (Å²) in [6.07, 6.45) is 0.388. The Morgan fingerprint density at radius 2 is 2.00 bits per heavy atom. The van der Waals surface area contributed by atoms with Crippen molar-refractivity contribution in [3.8, 4) is 5.75 Å². The maximum absolute atomic E-state index is 5.76. The van der Waals surface area contributed by atoms with Crippen LogP contribution in [-0.4, -0.2) is 32.0 Å². The molecule has 19 heavy (non-hydrogen) atoms. The van der Waals surface area contributed by atoms with Gasteiger partial charge in [0.25, 0.3) is 0 Å². The van der Waals surface area contributed by atoms with Crippen LogP contribution in [0, 0.1) is 0 Å². The molecule has 2 aromatic rings. The molecule has 0 saturated carbocycles. The molecule has 2 unspecified atom stereocenters. The molecule has 100 valence electrons. The molecule has 3 nitrogen and oxygen atoms in total. The van der Waals surface area contributed by atoms with Gasteiger partial charge in [0.15, 0.2) is 0 Å². The number of rotatable bonds is 6. The van der Waals surface area contributed by atoms with E-state index < -0.39 is 0 Å². The summed E-state index contributed by atoms with van der Waals surface area (Å²) in [5.41, 5.74) is 0. The van der Waals surface area contributed by atoms with Gasteiger partial charge in [0.2, 0.25) is 0 Å². The minimum atomic E-state index is 0.0793. The van der Waals surface area contributed by atoms with Crippen LogP contribution < -0.4 is 4.74 Å². The molecular weight excluding hydrogens is 240 g/mol. The first-order valence-corrected chi connectivity index (χ1v) is 6.66. The van der Waals surface area contributed by atoms with E-state index in [2.05, 4.69) is 24.3 Å². The molecule has 0 spiro atoms. The summed E-state index contributed by atoms with van der Waals surface area (Å²) >= 11 is 0. The Morgan fingerprint density at radius 1 is 1.21 bits per heavy atom. The van der Waals surface area contributed by atoms with Gasteiger partial charge in [-0.15, -0.1) is 0 Å². The molecule has 1 heterocycles. The van der Waals surface area contributed by atoms with Crippen LogP contribution in [-0.2, 0) is 9.47 Å². The number of benzene rings is 2. The van der Waals surface area contributed by atoms with Gasteiger partial charge >= 0.3 is 0 Å². The fourth-order valence-electron chi connectivity index (χ4n) is 1.95. The van der Waals surface area contributed by atoms with Crippen LogP contribution in [0.15, 0.2) is 42.5 Å². The van der Waals surface area contributed by atoms with Crippen LogP contribution in [0.2, 0.25) is 0 Å². The van der Waals surface area contributed by atoms with Gasteiger partial charge in [-0.2, -0.15) is 0 Å². The lowest BCUT2D eigenvalue weighted by atomic mass is 10.1. The van der Waals surface area contributed by atoms with E-state index in [1.165, 1.54) is 10.8 Å². The molecule has 0 amide bonds. The predicted octanol–water partition coefficient (Wildman–Crippen LogP) is 3.02. The summed E-state index contributed by atoms with van der Waals surface area (Å²) in [4.78, 5) is 0. The van der Waals surface area contributed by atoms with E-state index in [1.54, 1.807) is 0 Å². The third kappa shape index (κ3) is 3.46. The average Bonchev–Trinajstić information content (AvgIpc) is 3.27. The van der Waals surface area contributed by atoms with Crippen LogP contribution in [0.1, 0.15) is 6.92 Å². The van der Waals surface area contributed by atoms with Crippen LogP contribution in [0.5, 0.6) is 5.75 Å². The van der Waals surface area contributed by atoms with Gasteiger partial charge in [-0.3, -0.25) is 0 Å². The van der Waals surface area contributed by atoms with E-state index >= 15 is 0 Å². The lowest BCUT2D eigenvalue weighted by Crippen LogP contribution is -2.20. The normalized spacial score (nSPS) is 19.3. The number of hydrogen-bond acceptors (Lipinski definition) is 3. The molecule has 0 N–H and O–H groups in total. The van der Waals surface area contributed by atoms with E-state index in [-0.39, 0.29) is 6.10 Å². The molecule has 2 atom stereocenters. The van der Waals surface area contributed by atoms with Crippen molar-refractivity contribution in [2.45, 2.75) is 19.1 Å². The van der Waals surface area contributed by atoms with E-state index in [4.69, 9.17) is 14.2 Å². The summed E-state index contributed by atoms with van der Waals surface area (Å²) in [7, 11) is 0. The smallest absolute Gasteiger partial charge is 0.120 e. The van der Waals surface area contributed by atoms with Gasteiger partial charge in [0, 0.05) is 0 Å². The summed E-state index contributed by atoms with van der Waals surface area (Å²) in [5, 5.41) is 2.42. The van der Waals surface area contributed by atoms with Gasteiger partial charge in [0.05, 0.1) is 19.3 Å². The van der Waals surface area contributed by atoms with Gasteiger partial charge < -0.3 is 14.2 Å². The maximum atomic E-state index is 5.76. The van der Waals surface area contributed by atoms with E-state index in [9.17, 15) is 0 Å². The molecule has 0 aromatic heterocycles. The SMILES string of the molecule is CC(COc1ccc2ccccc2c1)OCC1CO1. The maximum Gasteiger partial charge on any atom is 0.120 e. The Hall–Kier alpha value is -1.58. The molecule has 0 radical (unpaired) electrons. The third-order valence-electron chi connectivity index (χ3n) is 3.17. The van der Waals surface area contributed by atoms with Crippen molar-refractivity contribution in [2.75, 3.05) is 19.8 Å². The zero-order chi connectivity index (χ0) is 13.1. The average molecular weight is 258 g/mol. The van der Waals surface area contributed by atoms with Crippen molar-refractivity contribution < 1.29 is 14.2 Å². The van der Waals surface area contributed by atoms with Crippen LogP contribution in [0.3, 0.4) is 0 Å². The molecule has 1 fully saturated rings. The van der Waals surface area contributed by atoms with Crippen molar-refractivity contribution in [1.29, 1.82) is 0 Å². The van der Waals surface area contributed by atoms with Gasteiger partial charge in [0.1, 0.15) is 18.5 Å². The van der Waals surface area contributed by atoms with Crippen molar-refractivity contribution in [3.05, 3.63) is 42.5 Å². The Labute approximate surface area is 113 Å². The fraction of sp³-hybridized carbons (Fsp3) is 0.375. The Balaban J connectivity index is 1.55. The molecule has 0 aliphatic carbocycles. The second-order valence-electron chi connectivity index (χ2n) is 4.92. The highest BCUT2D eigenvalue weighted by molar-refractivity contribution is 5.83. The molecule has 1 aliphatic rings. The summed E-state index contributed by atoms with van der Waals surface area (Å²) in [5.74, 6) is 0.886. The quantitative estimate of drug-likeness (QED) is 0.746. The van der Waals surface area contributed by atoms with Crippen molar-refractivity contribution >= 4 is 10.8 Å². The van der Waals surface area contributed by atoms with E-state index in [0.29, 0.717) is 19.3 Å². The zero-order valence-corrected chi connectivity index (χ0v) is 11.0. The van der Waals surface area contributed by atoms with Gasteiger partial charge in [-0.1, -0.05) is 30.3 Å². The number of fused-ring (bicyclic) bond motifs is 1. The second-order valence-corrected chi connectivity index (χ2v) is 4.92. The lowest BCUT2D eigenvalue weighted by Gasteiger charge is -2.14. The third-order valence-corrected chi connectivity index (χ3v) is 3.17. The molecule has 3 rings (SSSR count). The number of hydrogen-bond donors (Lipinski definition) is 0. The van der Waals surface area contributed by atoms with Crippen molar-refractivity contribution in [3.63, 3.8) is 0 Å². The summed E-state index contributed by atoms with van der Waals surface area (Å²) < 4.78 is 16.5. The highest BCUT2D eigenvalue weighted by Gasteiger charge is 2.23. The monoisotopic (exact) mass is 258 g/mol. The molecule has 1 aliphatic heterocycles. The highest BCUT2D eigenvalue weighted by atomic mass is 16.6. The first-order chi connectivity index (χ1) is 9.31. The first kappa shape index (κ1) is 12.5. The topological polar surface area (TPSA) is 31.0 Å². The number of ether oxygens (including phenoxy) is 3. The van der Waals surface area contributed by atoms with Gasteiger partial charge in [-0.05, 0) is 29.8 Å². The van der Waals surface area contributed by atoms with Crippen LogP contribution >= 0.6 is 0 Å². The summed E-state index contributed by atoms with van der Waals surface area (Å²) in [6, 6.07) is 14.4. The van der Waals surface area contributed by atoms with Gasteiger partial charge in [-0.25, -0.2) is 0 Å². The Bertz CT molecular complexity index is 548. The highest BCUT2D eigenvalue weighted by Crippen LogP contribution is 2.20. The standard InChI is InChI=1S/C16H18O3/c1-12(17-10-16-11-19-16)9-18-15-7-6-13-4-2-3-5-14(13)8-15/h2-8,12,16H,9-11H2,1H3. The molecule has 2 aromatic carbocycles. The van der Waals surface area contributed by atoms with E-state index in [0.717, 1.165) is 12.4 Å². The molecule has 3 heteroatoms. The minimum Gasteiger partial charge on any atom is -0.491 e. The largest absolute Gasteiger partial charge is 0.491 e. The Morgan fingerprint density at radius 3 is 2.79 bits per heavy atom. The van der Waals surface area contributed by atoms with E-state index in [1.807, 2.05) is 25.1 Å². The zero-order valence-electron chi connectivity index (χ0n) is 11.0. The van der Waals surface area contributed by atoms with Crippen molar-refractivity contribution in [2.24, 2.45) is 0 Å². The van der Waals surface area contributed by atoms with Crippen LogP contribution in [0.25, 0.3) is 10.8 Å². The first-order valence-electron chi connectivity index (χ1n) is 6.66. The minimum absolute atomic E-state index is 0.0793. The van der Waals surface area contributed by atoms with Crippen molar-refractivity contribution in [1.82, 2.24) is 0 Å². The second kappa shape index (κ2) is 5.59. The van der Waals surface area contributed by atoms with Crippen LogP contribution in [0.4, 0.5) is 0 Å². The lowest BCUT2D eigenvalue weighted by molar-refractivity contribution is 0.0241. The summed E-state index contributed by atoms with van der Waals surface area (Å²) in [6.45, 7) is 4.08.